The minimum absolute atomic E-state index is 0.246. The number of fused-ring (bicyclic) bond motifs is 2. The van der Waals surface area contributed by atoms with E-state index in [0.717, 1.165) is 0 Å². The first-order chi connectivity index (χ1) is 12.0. The number of benzene rings is 1. The van der Waals surface area contributed by atoms with Crippen LogP contribution in [-0.4, -0.2) is 32.3 Å². The Labute approximate surface area is 148 Å². The Hall–Kier alpha value is -2.54. The van der Waals surface area contributed by atoms with Gasteiger partial charge in [0.15, 0.2) is 11.2 Å². The minimum Gasteiger partial charge on any atom is -0.466 e. The quantitative estimate of drug-likeness (QED) is 0.513. The SMILES string of the molecule is CCOC(=O)CCCc1nn(C)c2nc3ccc(Cl)cc3nc2c1=O. The largest absolute Gasteiger partial charge is 0.466 e. The van der Waals surface area contributed by atoms with E-state index in [2.05, 4.69) is 15.1 Å². The van der Waals surface area contributed by atoms with Gasteiger partial charge in [-0.2, -0.15) is 5.10 Å². The number of halogens is 1. The molecule has 0 aliphatic rings. The fourth-order valence-electron chi connectivity index (χ4n) is 2.60. The number of aryl methyl sites for hydroxylation is 2. The third kappa shape index (κ3) is 3.61. The Balaban J connectivity index is 1.98. The summed E-state index contributed by atoms with van der Waals surface area (Å²) in [5, 5.41) is 4.82. The zero-order valence-corrected chi connectivity index (χ0v) is 14.7. The molecule has 0 N–H and O–H groups in total. The predicted molar refractivity (Wildman–Crippen MR) is 94.7 cm³/mol. The summed E-state index contributed by atoms with van der Waals surface area (Å²) in [4.78, 5) is 33.0. The van der Waals surface area contributed by atoms with Crippen molar-refractivity contribution in [1.82, 2.24) is 19.7 Å². The molecule has 2 heterocycles. The van der Waals surface area contributed by atoms with E-state index in [-0.39, 0.29) is 23.3 Å². The van der Waals surface area contributed by atoms with Gasteiger partial charge in [-0.05, 0) is 38.0 Å². The number of aromatic nitrogens is 4. The molecule has 1 aromatic carbocycles. The standard InChI is InChI=1S/C17H17ClN4O3/c1-3-25-14(23)6-4-5-12-16(24)15-17(22(2)21-12)20-11-8-7-10(18)9-13(11)19-15/h7-9H,3-6H2,1-2H3. The molecule has 3 rings (SSSR count). The summed E-state index contributed by atoms with van der Waals surface area (Å²) in [5.74, 6) is -0.277. The molecule has 7 nitrogen and oxygen atoms in total. The Kier molecular flexibility index (Phi) is 4.94. The zero-order chi connectivity index (χ0) is 18.0. The lowest BCUT2D eigenvalue weighted by Gasteiger charge is -2.08. The summed E-state index contributed by atoms with van der Waals surface area (Å²) in [6.45, 7) is 2.10. The van der Waals surface area contributed by atoms with E-state index < -0.39 is 0 Å². The Morgan fingerprint density at radius 3 is 2.84 bits per heavy atom. The fourth-order valence-corrected chi connectivity index (χ4v) is 2.77. The number of carbonyl (C=O) groups is 1. The molecule has 0 bridgehead atoms. The van der Waals surface area contributed by atoms with Crippen LogP contribution in [0.4, 0.5) is 0 Å². The summed E-state index contributed by atoms with van der Waals surface area (Å²) in [6.07, 6.45) is 1.10. The van der Waals surface area contributed by atoms with E-state index in [1.54, 1.807) is 32.2 Å². The van der Waals surface area contributed by atoms with Crippen molar-refractivity contribution in [2.45, 2.75) is 26.2 Å². The van der Waals surface area contributed by atoms with Crippen LogP contribution in [0.25, 0.3) is 22.2 Å². The van der Waals surface area contributed by atoms with Crippen molar-refractivity contribution in [3.63, 3.8) is 0 Å². The molecule has 0 saturated carbocycles. The van der Waals surface area contributed by atoms with Crippen LogP contribution in [0.15, 0.2) is 23.0 Å². The molecule has 0 aliphatic heterocycles. The molecule has 0 amide bonds. The van der Waals surface area contributed by atoms with Crippen LogP contribution in [-0.2, 0) is 23.0 Å². The van der Waals surface area contributed by atoms with Crippen molar-refractivity contribution in [1.29, 1.82) is 0 Å². The van der Waals surface area contributed by atoms with Crippen LogP contribution in [0.1, 0.15) is 25.5 Å². The van der Waals surface area contributed by atoms with Crippen LogP contribution < -0.4 is 5.43 Å². The van der Waals surface area contributed by atoms with E-state index in [1.165, 1.54) is 4.68 Å². The first-order valence-corrected chi connectivity index (χ1v) is 8.36. The fraction of sp³-hybridized carbons (Fsp3) is 0.353. The molecule has 0 fully saturated rings. The highest BCUT2D eigenvalue weighted by Gasteiger charge is 2.14. The summed E-state index contributed by atoms with van der Waals surface area (Å²) in [5.41, 5.74) is 1.94. The summed E-state index contributed by atoms with van der Waals surface area (Å²) >= 11 is 5.99. The highest BCUT2D eigenvalue weighted by atomic mass is 35.5. The molecule has 8 heteroatoms. The van der Waals surface area contributed by atoms with Crippen molar-refractivity contribution in [3.05, 3.63) is 39.1 Å². The highest BCUT2D eigenvalue weighted by molar-refractivity contribution is 6.31. The number of nitrogens with zero attached hydrogens (tertiary/aromatic N) is 4. The van der Waals surface area contributed by atoms with Crippen molar-refractivity contribution in [3.8, 4) is 0 Å². The molecule has 0 radical (unpaired) electrons. The number of ether oxygens (including phenoxy) is 1. The topological polar surface area (TPSA) is 87.0 Å². The van der Waals surface area contributed by atoms with E-state index in [9.17, 15) is 9.59 Å². The van der Waals surface area contributed by atoms with Gasteiger partial charge in [-0.1, -0.05) is 11.6 Å². The maximum atomic E-state index is 12.7. The predicted octanol–water partition coefficient (Wildman–Crippen LogP) is 2.42. The van der Waals surface area contributed by atoms with Gasteiger partial charge in [-0.3, -0.25) is 9.59 Å². The molecular weight excluding hydrogens is 344 g/mol. The van der Waals surface area contributed by atoms with Crippen molar-refractivity contribution >= 4 is 39.8 Å². The van der Waals surface area contributed by atoms with Gasteiger partial charge in [0.1, 0.15) is 5.69 Å². The summed E-state index contributed by atoms with van der Waals surface area (Å²) in [6, 6.07) is 5.14. The highest BCUT2D eigenvalue weighted by Crippen LogP contribution is 2.18. The van der Waals surface area contributed by atoms with Crippen molar-refractivity contribution in [2.75, 3.05) is 6.61 Å². The molecule has 0 spiro atoms. The van der Waals surface area contributed by atoms with Crippen LogP contribution in [0.5, 0.6) is 0 Å². The molecule has 130 valence electrons. The Morgan fingerprint density at radius 1 is 1.28 bits per heavy atom. The van der Waals surface area contributed by atoms with Crippen molar-refractivity contribution < 1.29 is 9.53 Å². The van der Waals surface area contributed by atoms with E-state index in [4.69, 9.17) is 16.3 Å². The smallest absolute Gasteiger partial charge is 0.305 e. The maximum absolute atomic E-state index is 12.7. The first-order valence-electron chi connectivity index (χ1n) is 7.98. The first kappa shape index (κ1) is 17.3. The van der Waals surface area contributed by atoms with Gasteiger partial charge in [0, 0.05) is 18.5 Å². The molecule has 0 saturated heterocycles. The molecular formula is C17H17ClN4O3. The van der Waals surface area contributed by atoms with E-state index >= 15 is 0 Å². The second-order valence-electron chi connectivity index (χ2n) is 5.59. The van der Waals surface area contributed by atoms with Gasteiger partial charge in [0.2, 0.25) is 5.43 Å². The molecule has 0 aliphatic carbocycles. The lowest BCUT2D eigenvalue weighted by molar-refractivity contribution is -0.143. The van der Waals surface area contributed by atoms with Gasteiger partial charge < -0.3 is 4.74 Å². The number of rotatable bonds is 5. The second-order valence-corrected chi connectivity index (χ2v) is 6.02. The lowest BCUT2D eigenvalue weighted by Crippen LogP contribution is -2.20. The van der Waals surface area contributed by atoms with Crippen LogP contribution in [0, 0.1) is 0 Å². The Bertz CT molecular complexity index is 1020. The second kappa shape index (κ2) is 7.14. The summed E-state index contributed by atoms with van der Waals surface area (Å²) in [7, 11) is 1.72. The third-order valence-corrected chi connectivity index (χ3v) is 4.00. The molecule has 25 heavy (non-hydrogen) atoms. The van der Waals surface area contributed by atoms with Crippen molar-refractivity contribution in [2.24, 2.45) is 7.05 Å². The van der Waals surface area contributed by atoms with Crippen LogP contribution in [0.3, 0.4) is 0 Å². The average molecular weight is 361 g/mol. The Morgan fingerprint density at radius 2 is 2.08 bits per heavy atom. The van der Waals surface area contributed by atoms with Crippen LogP contribution >= 0.6 is 11.6 Å². The number of hydrogen-bond donors (Lipinski definition) is 0. The van der Waals surface area contributed by atoms with Gasteiger partial charge in [0.25, 0.3) is 0 Å². The van der Waals surface area contributed by atoms with E-state index in [1.807, 2.05) is 0 Å². The minimum atomic E-state index is -0.277. The average Bonchev–Trinajstić information content (AvgIpc) is 2.58. The van der Waals surface area contributed by atoms with Gasteiger partial charge in [-0.25, -0.2) is 14.6 Å². The van der Waals surface area contributed by atoms with Gasteiger partial charge in [0.05, 0.1) is 17.6 Å². The third-order valence-electron chi connectivity index (χ3n) is 3.76. The van der Waals surface area contributed by atoms with Gasteiger partial charge in [-0.15, -0.1) is 0 Å². The number of esters is 1. The number of hydrogen-bond acceptors (Lipinski definition) is 6. The summed E-state index contributed by atoms with van der Waals surface area (Å²) < 4.78 is 6.43. The van der Waals surface area contributed by atoms with Crippen LogP contribution in [0.2, 0.25) is 5.02 Å². The van der Waals surface area contributed by atoms with E-state index in [0.29, 0.717) is 46.8 Å². The number of carbonyl (C=O) groups excluding carboxylic acids is 1. The monoisotopic (exact) mass is 360 g/mol. The normalized spacial score (nSPS) is 11.2. The molecule has 3 aromatic rings. The lowest BCUT2D eigenvalue weighted by atomic mass is 10.1. The zero-order valence-electron chi connectivity index (χ0n) is 14.0. The molecule has 2 aromatic heterocycles. The molecule has 0 unspecified atom stereocenters. The maximum Gasteiger partial charge on any atom is 0.305 e. The molecule has 0 atom stereocenters. The van der Waals surface area contributed by atoms with Gasteiger partial charge >= 0.3 is 5.97 Å².